The molecule has 2 nitrogen and oxygen atoms in total. The van der Waals surface area contributed by atoms with Gasteiger partial charge in [-0.25, -0.2) is 4.98 Å². The molecule has 0 aliphatic rings. The molecule has 2 aromatic heterocycles. The maximum Gasteiger partial charge on any atom is 0.119 e. The lowest BCUT2D eigenvalue weighted by Crippen LogP contribution is -1.92. The van der Waals surface area contributed by atoms with Crippen molar-refractivity contribution in [2.75, 3.05) is 0 Å². The first-order valence-corrected chi connectivity index (χ1v) is 6.77. The van der Waals surface area contributed by atoms with Gasteiger partial charge in [-0.3, -0.25) is 0 Å². The van der Waals surface area contributed by atoms with E-state index in [9.17, 15) is 0 Å². The highest BCUT2D eigenvalue weighted by Gasteiger charge is 2.01. The van der Waals surface area contributed by atoms with Crippen LogP contribution in [-0.2, 0) is 23.8 Å². The number of ether oxygens (including phenoxy) is 1. The number of thiophene rings is 1. The first-order valence-electron chi connectivity index (χ1n) is 4.48. The summed E-state index contributed by atoms with van der Waals surface area (Å²) in [5.41, 5.74) is 0.927. The average molecular weight is 260 g/mol. The summed E-state index contributed by atoms with van der Waals surface area (Å²) in [7, 11) is 0. The molecule has 0 bridgehead atoms. The van der Waals surface area contributed by atoms with Gasteiger partial charge in [0, 0.05) is 10.3 Å². The monoisotopic (exact) mass is 259 g/mol. The summed E-state index contributed by atoms with van der Waals surface area (Å²) in [5.74, 6) is 0.474. The average Bonchev–Trinajstić information content (AvgIpc) is 2.88. The van der Waals surface area contributed by atoms with Gasteiger partial charge >= 0.3 is 0 Å². The molecule has 0 atom stereocenters. The van der Waals surface area contributed by atoms with Crippen LogP contribution in [-0.4, -0.2) is 4.98 Å². The number of hydrogen-bond donors (Lipinski definition) is 0. The zero-order valence-electron chi connectivity index (χ0n) is 7.98. The van der Waals surface area contributed by atoms with Gasteiger partial charge in [0.25, 0.3) is 0 Å². The minimum absolute atomic E-state index is 0.474. The molecule has 0 fully saturated rings. The standard InChI is InChI=1S/C10H10ClNOS2/c11-4-8-7-15-10(12-8)6-13-5-9-2-1-3-14-9/h1-3,7H,4-6H2. The summed E-state index contributed by atoms with van der Waals surface area (Å²) >= 11 is 8.96. The fourth-order valence-corrected chi connectivity index (χ4v) is 2.71. The molecule has 80 valence electrons. The lowest BCUT2D eigenvalue weighted by atomic mass is 10.5. The highest BCUT2D eigenvalue weighted by Crippen LogP contribution is 2.15. The largest absolute Gasteiger partial charge is 0.369 e. The van der Waals surface area contributed by atoms with Gasteiger partial charge in [-0.15, -0.1) is 34.3 Å². The molecule has 0 radical (unpaired) electrons. The van der Waals surface area contributed by atoms with E-state index in [1.165, 1.54) is 4.88 Å². The second-order valence-corrected chi connectivity index (χ2v) is 5.18. The van der Waals surface area contributed by atoms with E-state index in [1.807, 2.05) is 16.8 Å². The minimum atomic E-state index is 0.474. The molecule has 2 aromatic rings. The zero-order chi connectivity index (χ0) is 10.5. The van der Waals surface area contributed by atoms with Crippen molar-refractivity contribution in [1.82, 2.24) is 4.98 Å². The lowest BCUT2D eigenvalue weighted by Gasteiger charge is -1.98. The third-order valence-corrected chi connectivity index (χ3v) is 3.78. The molecule has 2 rings (SSSR count). The van der Waals surface area contributed by atoms with E-state index in [1.54, 1.807) is 22.7 Å². The molecule has 2 heterocycles. The van der Waals surface area contributed by atoms with Crippen molar-refractivity contribution in [2.45, 2.75) is 19.1 Å². The molecule has 0 spiro atoms. The van der Waals surface area contributed by atoms with E-state index >= 15 is 0 Å². The van der Waals surface area contributed by atoms with Gasteiger partial charge in [0.2, 0.25) is 0 Å². The van der Waals surface area contributed by atoms with Gasteiger partial charge in [0.1, 0.15) is 5.01 Å². The van der Waals surface area contributed by atoms with Gasteiger partial charge < -0.3 is 4.74 Å². The second kappa shape index (κ2) is 5.61. The van der Waals surface area contributed by atoms with Crippen LogP contribution >= 0.6 is 34.3 Å². The van der Waals surface area contributed by atoms with Gasteiger partial charge in [0.05, 0.1) is 24.8 Å². The molecular formula is C10H10ClNOS2. The fraction of sp³-hybridized carbons (Fsp3) is 0.300. The fourth-order valence-electron chi connectivity index (χ4n) is 1.11. The van der Waals surface area contributed by atoms with Gasteiger partial charge in [0.15, 0.2) is 0 Å². The number of hydrogen-bond acceptors (Lipinski definition) is 4. The Morgan fingerprint density at radius 1 is 1.33 bits per heavy atom. The Hall–Kier alpha value is -0.420. The lowest BCUT2D eigenvalue weighted by molar-refractivity contribution is 0.109. The Morgan fingerprint density at radius 2 is 2.27 bits per heavy atom. The highest BCUT2D eigenvalue weighted by molar-refractivity contribution is 7.10. The Labute approximate surface area is 102 Å². The quantitative estimate of drug-likeness (QED) is 0.765. The van der Waals surface area contributed by atoms with Crippen LogP contribution in [0.2, 0.25) is 0 Å². The maximum absolute atomic E-state index is 5.66. The number of aromatic nitrogens is 1. The first kappa shape index (κ1) is 11.1. The summed E-state index contributed by atoms with van der Waals surface area (Å²) in [5, 5.41) is 5.01. The van der Waals surface area contributed by atoms with E-state index in [4.69, 9.17) is 16.3 Å². The van der Waals surface area contributed by atoms with Gasteiger partial charge in [-0.05, 0) is 11.4 Å². The predicted octanol–water partition coefficient (Wildman–Crippen LogP) is 3.66. The van der Waals surface area contributed by atoms with Gasteiger partial charge in [-0.1, -0.05) is 6.07 Å². The van der Waals surface area contributed by atoms with Crippen molar-refractivity contribution in [2.24, 2.45) is 0 Å². The summed E-state index contributed by atoms with van der Waals surface area (Å²) in [6.07, 6.45) is 0. The van der Waals surface area contributed by atoms with Gasteiger partial charge in [-0.2, -0.15) is 0 Å². The minimum Gasteiger partial charge on any atom is -0.369 e. The Balaban J connectivity index is 1.78. The smallest absolute Gasteiger partial charge is 0.119 e. The van der Waals surface area contributed by atoms with Crippen molar-refractivity contribution < 1.29 is 4.74 Å². The van der Waals surface area contributed by atoms with E-state index in [0.717, 1.165) is 10.7 Å². The van der Waals surface area contributed by atoms with Crippen LogP contribution in [0.15, 0.2) is 22.9 Å². The van der Waals surface area contributed by atoms with Crippen LogP contribution < -0.4 is 0 Å². The molecule has 0 saturated heterocycles. The number of halogens is 1. The molecule has 15 heavy (non-hydrogen) atoms. The van der Waals surface area contributed by atoms with Crippen molar-refractivity contribution in [3.05, 3.63) is 38.5 Å². The molecule has 0 N–H and O–H groups in total. The van der Waals surface area contributed by atoms with E-state index < -0.39 is 0 Å². The van der Waals surface area contributed by atoms with Crippen LogP contribution in [0.1, 0.15) is 15.6 Å². The molecular weight excluding hydrogens is 250 g/mol. The third-order valence-electron chi connectivity index (χ3n) is 1.79. The summed E-state index contributed by atoms with van der Waals surface area (Å²) in [6, 6.07) is 4.09. The van der Waals surface area contributed by atoms with Crippen LogP contribution in [0.5, 0.6) is 0 Å². The summed E-state index contributed by atoms with van der Waals surface area (Å²) in [4.78, 5) is 5.55. The van der Waals surface area contributed by atoms with Crippen molar-refractivity contribution in [3.63, 3.8) is 0 Å². The first-order chi connectivity index (χ1) is 7.38. The van der Waals surface area contributed by atoms with Crippen LogP contribution in [0.3, 0.4) is 0 Å². The van der Waals surface area contributed by atoms with Crippen molar-refractivity contribution in [1.29, 1.82) is 0 Å². The Morgan fingerprint density at radius 3 is 2.93 bits per heavy atom. The number of rotatable bonds is 5. The third kappa shape index (κ3) is 3.28. The molecule has 0 unspecified atom stereocenters. The molecule has 0 aliphatic heterocycles. The van der Waals surface area contributed by atoms with E-state index in [2.05, 4.69) is 11.1 Å². The van der Waals surface area contributed by atoms with Crippen LogP contribution in [0.4, 0.5) is 0 Å². The predicted molar refractivity (Wildman–Crippen MR) is 64.5 cm³/mol. The SMILES string of the molecule is ClCc1csc(COCc2cccs2)n1. The van der Waals surface area contributed by atoms with Crippen molar-refractivity contribution >= 4 is 34.3 Å². The molecule has 0 aromatic carbocycles. The van der Waals surface area contributed by atoms with Crippen LogP contribution in [0, 0.1) is 0 Å². The topological polar surface area (TPSA) is 22.1 Å². The Kier molecular flexibility index (Phi) is 4.14. The molecule has 0 saturated carbocycles. The molecule has 5 heteroatoms. The van der Waals surface area contributed by atoms with E-state index in [0.29, 0.717) is 19.1 Å². The van der Waals surface area contributed by atoms with Crippen molar-refractivity contribution in [3.8, 4) is 0 Å². The number of alkyl halides is 1. The highest BCUT2D eigenvalue weighted by atomic mass is 35.5. The number of nitrogens with zero attached hydrogens (tertiary/aromatic N) is 1. The van der Waals surface area contributed by atoms with E-state index in [-0.39, 0.29) is 0 Å². The zero-order valence-corrected chi connectivity index (χ0v) is 10.4. The Bertz CT molecular complexity index is 399. The molecule has 0 aliphatic carbocycles. The normalized spacial score (nSPS) is 10.7. The molecule has 0 amide bonds. The maximum atomic E-state index is 5.66. The summed E-state index contributed by atoms with van der Waals surface area (Å²) < 4.78 is 5.54. The second-order valence-electron chi connectivity index (χ2n) is 2.94. The number of thiazole rings is 1. The summed E-state index contributed by atoms with van der Waals surface area (Å²) in [6.45, 7) is 1.23. The van der Waals surface area contributed by atoms with Crippen LogP contribution in [0.25, 0.3) is 0 Å².